The van der Waals surface area contributed by atoms with Crippen LogP contribution in [-0.4, -0.2) is 60.8 Å². The van der Waals surface area contributed by atoms with Crippen LogP contribution < -0.4 is 39.6 Å². The summed E-state index contributed by atoms with van der Waals surface area (Å²) in [5.41, 5.74) is 10.3. The van der Waals surface area contributed by atoms with Gasteiger partial charge in [-0.25, -0.2) is 0 Å². The van der Waals surface area contributed by atoms with E-state index in [4.69, 9.17) is 28.8 Å². The van der Waals surface area contributed by atoms with Crippen LogP contribution in [0.15, 0.2) is 223 Å². The van der Waals surface area contributed by atoms with Gasteiger partial charge in [0.1, 0.15) is 42.0 Å². The van der Waals surface area contributed by atoms with E-state index in [0.29, 0.717) is 37.9 Å². The zero-order chi connectivity index (χ0) is 57.2. The molecule has 0 atom stereocenters. The number of aromatic nitrogens is 2. The predicted octanol–water partition coefficient (Wildman–Crippen LogP) is 15.4. The number of phenols is 2. The minimum atomic E-state index is 0.299. The highest BCUT2D eigenvalue weighted by molar-refractivity contribution is 7.09. The van der Waals surface area contributed by atoms with Gasteiger partial charge in [-0.15, -0.1) is 11.3 Å². The van der Waals surface area contributed by atoms with E-state index in [1.807, 2.05) is 153 Å². The van der Waals surface area contributed by atoms with Crippen LogP contribution in [0.2, 0.25) is 0 Å². The summed E-state index contributed by atoms with van der Waals surface area (Å²) in [6.45, 7) is 6.07. The maximum atomic E-state index is 9.70. The van der Waals surface area contributed by atoms with Crippen molar-refractivity contribution in [2.24, 2.45) is 0 Å². The van der Waals surface area contributed by atoms with Crippen molar-refractivity contribution in [2.75, 3.05) is 56.5 Å². The van der Waals surface area contributed by atoms with E-state index in [2.05, 4.69) is 78.5 Å². The van der Waals surface area contributed by atoms with E-state index in [9.17, 15) is 5.11 Å². The Hall–Kier alpha value is -8.98. The first-order valence-corrected chi connectivity index (χ1v) is 29.1. The van der Waals surface area contributed by atoms with Crippen molar-refractivity contribution in [3.05, 3.63) is 261 Å². The number of aryl methyl sites for hydroxylation is 4. The largest absolute Gasteiger partial charge is 0.508 e. The van der Waals surface area contributed by atoms with Gasteiger partial charge in [-0.05, 0) is 192 Å². The smallest absolute Gasteiger partial charge is 0.163 e. The Balaban J connectivity index is 0.000000148. The molecule has 0 fully saturated rings. The number of methoxy groups -OCH3 is 2. The van der Waals surface area contributed by atoms with Crippen molar-refractivity contribution >= 4 is 39.7 Å². The van der Waals surface area contributed by atoms with Gasteiger partial charge in [0.2, 0.25) is 0 Å². The lowest BCUT2D eigenvalue weighted by atomic mass is 10.1. The van der Waals surface area contributed by atoms with E-state index in [0.717, 1.165) is 102 Å². The summed E-state index contributed by atoms with van der Waals surface area (Å²) in [4.78, 5) is 9.77. The Bertz CT molecular complexity index is 3260. The fourth-order valence-corrected chi connectivity index (χ4v) is 9.46. The quantitative estimate of drug-likeness (QED) is 0.0495. The lowest BCUT2D eigenvalue weighted by Gasteiger charge is -2.19. The Kier molecular flexibility index (Phi) is 25.8. The number of anilines is 3. The number of hydrogen-bond acceptors (Lipinski definition) is 14. The molecule has 4 aromatic heterocycles. The van der Waals surface area contributed by atoms with Gasteiger partial charge in [0.05, 0.1) is 20.8 Å². The Labute approximate surface area is 491 Å². The molecule has 424 valence electrons. The summed E-state index contributed by atoms with van der Waals surface area (Å²) >= 11 is 3.56. The highest BCUT2D eigenvalue weighted by Gasteiger charge is 2.12. The number of pyridine rings is 2. The summed E-state index contributed by atoms with van der Waals surface area (Å²) in [5.74, 6) is 4.87. The van der Waals surface area contributed by atoms with Crippen molar-refractivity contribution in [1.82, 2.24) is 9.97 Å². The van der Waals surface area contributed by atoms with E-state index < -0.39 is 0 Å². The minimum absolute atomic E-state index is 0.299. The zero-order valence-electron chi connectivity index (χ0n) is 46.8. The first-order chi connectivity index (χ1) is 40.3. The number of aromatic hydroxyl groups is 2. The number of fused-ring (bicyclic) bond motifs is 1. The van der Waals surface area contributed by atoms with Crippen LogP contribution >= 0.6 is 22.7 Å². The molecular weight excluding hydrogens is 1060 g/mol. The number of nitrogens with one attached hydrogen (secondary N) is 3. The maximum absolute atomic E-state index is 9.70. The Morgan fingerprint density at radius 3 is 1.82 bits per heavy atom. The fraction of sp³-hybridized carbons (Fsp3) is 0.206. The zero-order valence-corrected chi connectivity index (χ0v) is 48.4. The highest BCUT2D eigenvalue weighted by atomic mass is 32.1. The Morgan fingerprint density at radius 1 is 0.524 bits per heavy atom. The van der Waals surface area contributed by atoms with Crippen LogP contribution in [0, 0.1) is 0 Å². The van der Waals surface area contributed by atoms with Gasteiger partial charge in [-0.1, -0.05) is 60.7 Å². The molecule has 0 spiro atoms. The summed E-state index contributed by atoms with van der Waals surface area (Å²) < 4.78 is 26.6. The van der Waals surface area contributed by atoms with Crippen molar-refractivity contribution in [3.63, 3.8) is 0 Å². The van der Waals surface area contributed by atoms with Gasteiger partial charge in [0.15, 0.2) is 11.5 Å². The number of ether oxygens (including phenoxy) is 5. The molecule has 1 aliphatic rings. The number of para-hydroxylation sites is 1. The minimum Gasteiger partial charge on any atom is -0.508 e. The van der Waals surface area contributed by atoms with E-state index in [1.165, 1.54) is 27.1 Å². The third-order valence-corrected chi connectivity index (χ3v) is 14.2. The van der Waals surface area contributed by atoms with Crippen LogP contribution in [-0.2, 0) is 45.2 Å². The lowest BCUT2D eigenvalue weighted by Crippen LogP contribution is -2.15. The first kappa shape index (κ1) is 60.7. The van der Waals surface area contributed by atoms with Crippen LogP contribution in [0.3, 0.4) is 0 Å². The van der Waals surface area contributed by atoms with Crippen molar-refractivity contribution < 1.29 is 33.9 Å². The van der Waals surface area contributed by atoms with Gasteiger partial charge in [0, 0.05) is 83.9 Å². The van der Waals surface area contributed by atoms with Crippen LogP contribution in [0.1, 0.15) is 45.3 Å². The molecule has 0 amide bonds. The second kappa shape index (κ2) is 34.9. The highest BCUT2D eigenvalue weighted by Crippen LogP contribution is 2.33. The third kappa shape index (κ3) is 22.3. The molecule has 0 saturated carbocycles. The fourth-order valence-electron chi connectivity index (χ4n) is 8.04. The third-order valence-electron chi connectivity index (χ3n) is 12.5. The second-order valence-corrected chi connectivity index (χ2v) is 20.3. The molecule has 0 unspecified atom stereocenters. The standard InChI is InChI=1S/C15H15NO3.2C14H16N2O.C13H14OS.C12H12OS/c17-13-4-2-1-3-11(13)10-16-12-5-6-14-15(9-12)19-8-7-18-14;1-17-14-7-5-13(6-8-14)16-11-9-12-4-2-3-10-15-12;1-2-17-14-7-5-13(6-8-14)16-11-12-4-3-9-15-10-12;1-14-13-6-4-11(5-7-13)2-3-12-8-9-15-10-12;13-11-6-3-10(4-7-11)5-8-12-2-1-9-14-12/h1-6,9,16-17H,7-8,10H2;2-8,10,16H,9,11H2,1H3;3-10,16H,2,11H2,1H3;4-10H,2-3H2,1H3;1-4,6-7,9,13H,5,8H2. The molecule has 11 rings (SSSR count). The van der Waals surface area contributed by atoms with Gasteiger partial charge >= 0.3 is 0 Å². The number of benzene rings is 6. The maximum Gasteiger partial charge on any atom is 0.163 e. The topological polar surface area (TPSA) is 148 Å². The molecule has 5 N–H and O–H groups in total. The van der Waals surface area contributed by atoms with Crippen molar-refractivity contribution in [3.8, 4) is 40.2 Å². The van der Waals surface area contributed by atoms with Gasteiger partial charge in [-0.2, -0.15) is 11.3 Å². The van der Waals surface area contributed by atoms with Gasteiger partial charge < -0.3 is 49.8 Å². The van der Waals surface area contributed by atoms with Crippen LogP contribution in [0.5, 0.6) is 40.2 Å². The van der Waals surface area contributed by atoms with Gasteiger partial charge in [0.25, 0.3) is 0 Å². The molecule has 6 aromatic carbocycles. The normalized spacial score (nSPS) is 10.8. The average Bonchev–Trinajstić information content (AvgIpc) is 4.28. The first-order valence-electron chi connectivity index (χ1n) is 27.3. The molecule has 14 heteroatoms. The molecule has 10 aromatic rings. The van der Waals surface area contributed by atoms with E-state index >= 15 is 0 Å². The molecular formula is C68H73N5O7S2. The summed E-state index contributed by atoms with van der Waals surface area (Å²) in [6, 6.07) is 61.0. The summed E-state index contributed by atoms with van der Waals surface area (Å²) in [5, 5.41) is 35.2. The molecule has 0 bridgehead atoms. The molecule has 0 radical (unpaired) electrons. The second-order valence-electron chi connectivity index (χ2n) is 18.5. The van der Waals surface area contributed by atoms with E-state index in [1.54, 1.807) is 61.3 Å². The molecule has 0 saturated heterocycles. The van der Waals surface area contributed by atoms with Gasteiger partial charge in [-0.3, -0.25) is 9.97 Å². The number of hydrogen-bond donors (Lipinski definition) is 5. The van der Waals surface area contributed by atoms with Crippen LogP contribution in [0.25, 0.3) is 0 Å². The number of nitrogens with zero attached hydrogens (tertiary/aromatic N) is 2. The Morgan fingerprint density at radius 2 is 1.17 bits per heavy atom. The summed E-state index contributed by atoms with van der Waals surface area (Å²) in [7, 11) is 3.36. The van der Waals surface area contributed by atoms with E-state index in [-0.39, 0.29) is 0 Å². The van der Waals surface area contributed by atoms with Crippen molar-refractivity contribution in [2.45, 2.75) is 52.1 Å². The number of thiophene rings is 2. The molecule has 5 heterocycles. The molecule has 0 aliphatic carbocycles. The number of phenolic OH excluding ortho intramolecular Hbond substituents is 2. The molecule has 12 nitrogen and oxygen atoms in total. The SMILES string of the molecule is CCOc1ccc(NCc2cccnc2)cc1.COc1ccc(CCc2ccsc2)cc1.COc1ccc(NCCc2ccccn2)cc1.Oc1ccc(CCc2cccs2)cc1.Oc1ccccc1CNc1ccc2c(c1)OCCO2. The molecule has 82 heavy (non-hydrogen) atoms. The van der Waals surface area contributed by atoms with Crippen molar-refractivity contribution in [1.29, 1.82) is 0 Å². The average molecular weight is 1140 g/mol. The molecule has 1 aliphatic heterocycles. The predicted molar refractivity (Wildman–Crippen MR) is 336 cm³/mol. The monoisotopic (exact) mass is 1140 g/mol. The number of rotatable bonds is 20. The van der Waals surface area contributed by atoms with Crippen LogP contribution in [0.4, 0.5) is 17.1 Å². The lowest BCUT2D eigenvalue weighted by molar-refractivity contribution is 0.171. The summed E-state index contributed by atoms with van der Waals surface area (Å²) in [6.07, 6.45) is 10.7.